The number of carbonyl (C=O) groups is 2. The number of likely N-dealkylation sites (N-methyl/N-ethyl adjacent to an activating group) is 1. The van der Waals surface area contributed by atoms with Gasteiger partial charge in [0.15, 0.2) is 5.78 Å². The smallest absolute Gasteiger partial charge is 0.249 e. The zero-order valence-corrected chi connectivity index (χ0v) is 19.8. The summed E-state index contributed by atoms with van der Waals surface area (Å²) in [6.45, 7) is 3.12. The lowest BCUT2D eigenvalue weighted by Crippen LogP contribution is -2.56. The molecule has 1 spiro atoms. The van der Waals surface area contributed by atoms with Crippen molar-refractivity contribution in [2.24, 2.45) is 0 Å². The maximum Gasteiger partial charge on any atom is 0.249 e. The van der Waals surface area contributed by atoms with Gasteiger partial charge in [0.2, 0.25) is 5.91 Å². The van der Waals surface area contributed by atoms with Crippen LogP contribution >= 0.6 is 22.6 Å². The third-order valence-corrected chi connectivity index (χ3v) is 7.37. The summed E-state index contributed by atoms with van der Waals surface area (Å²) in [6.07, 6.45) is 2.78. The quantitative estimate of drug-likeness (QED) is 0.412. The molecule has 1 amide bonds. The monoisotopic (exact) mass is 535 g/mol. The molecule has 0 unspecified atom stereocenters. The van der Waals surface area contributed by atoms with E-state index in [9.17, 15) is 14.0 Å². The van der Waals surface area contributed by atoms with E-state index < -0.39 is 5.54 Å². The first kappa shape index (κ1) is 22.2. The van der Waals surface area contributed by atoms with E-state index in [1.165, 1.54) is 12.1 Å². The summed E-state index contributed by atoms with van der Waals surface area (Å²) < 4.78 is 13.9. The second-order valence-corrected chi connectivity index (χ2v) is 9.59. The average Bonchev–Trinajstić information content (AvgIpc) is 3.01. The van der Waals surface area contributed by atoms with Crippen molar-refractivity contribution in [1.82, 2.24) is 9.80 Å². The highest BCUT2D eigenvalue weighted by Crippen LogP contribution is 2.38. The molecule has 2 fully saturated rings. The van der Waals surface area contributed by atoms with Gasteiger partial charge in [-0.05, 0) is 78.7 Å². The number of Topliss-reactive ketones (excluding diaryl/α,β-unsaturated/α-hetero) is 1. The standard InChI is InChI=1S/C24H27FIN3O2/c1-27-17-29(19-6-3-2-4-7-19)24(23(27)31)11-14-28(15-12-24)13-5-8-22(30)20-10-9-18(25)16-21(20)26/h2-4,6-7,9-10,16H,5,8,11-15,17H2,1H3. The van der Waals surface area contributed by atoms with Crippen molar-refractivity contribution >= 4 is 40.0 Å². The summed E-state index contributed by atoms with van der Waals surface area (Å²) in [5.41, 5.74) is 1.22. The molecule has 31 heavy (non-hydrogen) atoms. The highest BCUT2D eigenvalue weighted by Gasteiger charge is 2.52. The number of hydrogen-bond donors (Lipinski definition) is 0. The van der Waals surface area contributed by atoms with E-state index in [1.54, 1.807) is 6.07 Å². The number of ketones is 1. The minimum absolute atomic E-state index is 0.0562. The van der Waals surface area contributed by atoms with Crippen LogP contribution in [0.5, 0.6) is 0 Å². The van der Waals surface area contributed by atoms with Crippen LogP contribution in [0.15, 0.2) is 48.5 Å². The molecule has 0 bridgehead atoms. The second-order valence-electron chi connectivity index (χ2n) is 8.43. The Bertz CT molecular complexity index is 961. The van der Waals surface area contributed by atoms with Crippen LogP contribution in [0.25, 0.3) is 0 Å². The summed E-state index contributed by atoms with van der Waals surface area (Å²) in [7, 11) is 1.88. The van der Waals surface area contributed by atoms with Crippen LogP contribution in [0.3, 0.4) is 0 Å². The van der Waals surface area contributed by atoms with Gasteiger partial charge in [-0.25, -0.2) is 4.39 Å². The summed E-state index contributed by atoms with van der Waals surface area (Å²) in [5, 5.41) is 0. The van der Waals surface area contributed by atoms with Gasteiger partial charge in [-0.15, -0.1) is 0 Å². The highest BCUT2D eigenvalue weighted by molar-refractivity contribution is 14.1. The predicted molar refractivity (Wildman–Crippen MR) is 128 cm³/mol. The van der Waals surface area contributed by atoms with Gasteiger partial charge in [0.1, 0.15) is 11.4 Å². The van der Waals surface area contributed by atoms with E-state index in [1.807, 2.05) is 52.7 Å². The molecule has 0 aliphatic carbocycles. The van der Waals surface area contributed by atoms with Crippen LogP contribution in [-0.2, 0) is 4.79 Å². The van der Waals surface area contributed by atoms with E-state index in [0.717, 1.165) is 44.6 Å². The molecule has 7 heteroatoms. The first-order chi connectivity index (χ1) is 14.9. The minimum Gasteiger partial charge on any atom is -0.339 e. The van der Waals surface area contributed by atoms with Gasteiger partial charge >= 0.3 is 0 Å². The fraction of sp³-hybridized carbons (Fsp3) is 0.417. The lowest BCUT2D eigenvalue weighted by Gasteiger charge is -2.43. The van der Waals surface area contributed by atoms with Crippen LogP contribution in [0.4, 0.5) is 10.1 Å². The van der Waals surface area contributed by atoms with Gasteiger partial charge in [0.25, 0.3) is 0 Å². The number of carbonyl (C=O) groups excluding carboxylic acids is 2. The lowest BCUT2D eigenvalue weighted by atomic mass is 9.85. The molecule has 2 saturated heterocycles. The van der Waals surface area contributed by atoms with Crippen molar-refractivity contribution in [3.63, 3.8) is 0 Å². The molecule has 2 aromatic rings. The Morgan fingerprint density at radius 1 is 1.13 bits per heavy atom. The number of piperidine rings is 1. The maximum atomic E-state index is 13.3. The predicted octanol–water partition coefficient (Wildman–Crippen LogP) is 4.16. The number of para-hydroxylation sites is 1. The van der Waals surface area contributed by atoms with Gasteiger partial charge in [-0.3, -0.25) is 9.59 Å². The Balaban J connectivity index is 1.34. The fourth-order valence-corrected chi connectivity index (χ4v) is 5.54. The van der Waals surface area contributed by atoms with E-state index in [-0.39, 0.29) is 17.5 Å². The van der Waals surface area contributed by atoms with Crippen molar-refractivity contribution in [3.05, 3.63) is 63.5 Å². The molecule has 2 aliphatic heterocycles. The number of amides is 1. The van der Waals surface area contributed by atoms with Crippen LogP contribution in [0.1, 0.15) is 36.0 Å². The van der Waals surface area contributed by atoms with Crippen LogP contribution in [-0.4, -0.2) is 60.4 Å². The van der Waals surface area contributed by atoms with E-state index >= 15 is 0 Å². The average molecular weight is 535 g/mol. The molecule has 5 nitrogen and oxygen atoms in total. The van der Waals surface area contributed by atoms with Crippen molar-refractivity contribution in [1.29, 1.82) is 0 Å². The third kappa shape index (κ3) is 4.48. The number of hydrogen-bond acceptors (Lipinski definition) is 4. The SMILES string of the molecule is CN1CN(c2ccccc2)C2(CCN(CCCC(=O)c3ccc(F)cc3I)CC2)C1=O. The largest absolute Gasteiger partial charge is 0.339 e. The summed E-state index contributed by atoms with van der Waals surface area (Å²) in [4.78, 5) is 32.0. The molecule has 2 heterocycles. The maximum absolute atomic E-state index is 13.3. The van der Waals surface area contributed by atoms with Gasteiger partial charge in [-0.1, -0.05) is 18.2 Å². The van der Waals surface area contributed by atoms with Crippen LogP contribution in [0.2, 0.25) is 0 Å². The van der Waals surface area contributed by atoms with Crippen molar-refractivity contribution in [3.8, 4) is 0 Å². The van der Waals surface area contributed by atoms with Crippen molar-refractivity contribution < 1.29 is 14.0 Å². The highest BCUT2D eigenvalue weighted by atomic mass is 127. The zero-order valence-electron chi connectivity index (χ0n) is 17.7. The molecule has 0 aromatic heterocycles. The summed E-state index contributed by atoms with van der Waals surface area (Å²) in [6, 6.07) is 14.5. The number of anilines is 1. The van der Waals surface area contributed by atoms with Gasteiger partial charge in [0, 0.05) is 41.4 Å². The van der Waals surface area contributed by atoms with Gasteiger partial charge in [-0.2, -0.15) is 0 Å². The van der Waals surface area contributed by atoms with Crippen molar-refractivity contribution in [2.45, 2.75) is 31.2 Å². The first-order valence-corrected chi connectivity index (χ1v) is 11.8. The normalized spacial score (nSPS) is 18.7. The summed E-state index contributed by atoms with van der Waals surface area (Å²) >= 11 is 2.01. The van der Waals surface area contributed by atoms with Crippen LogP contribution in [0, 0.1) is 9.39 Å². The molecule has 0 saturated carbocycles. The molecule has 2 aromatic carbocycles. The molecule has 164 valence electrons. The number of rotatable bonds is 6. The zero-order chi connectivity index (χ0) is 22.0. The van der Waals surface area contributed by atoms with Gasteiger partial charge in [0.05, 0.1) is 6.67 Å². The van der Waals surface area contributed by atoms with Gasteiger partial charge < -0.3 is 14.7 Å². The third-order valence-electron chi connectivity index (χ3n) is 6.48. The summed E-state index contributed by atoms with van der Waals surface area (Å²) in [5.74, 6) is -0.0577. The van der Waals surface area contributed by atoms with E-state index in [2.05, 4.69) is 21.9 Å². The molecule has 2 aliphatic rings. The van der Waals surface area contributed by atoms with Crippen LogP contribution < -0.4 is 4.90 Å². The topological polar surface area (TPSA) is 43.9 Å². The van der Waals surface area contributed by atoms with E-state index in [0.29, 0.717) is 22.2 Å². The number of benzene rings is 2. The molecule has 0 N–H and O–H groups in total. The number of nitrogens with zero attached hydrogens (tertiary/aromatic N) is 3. The Morgan fingerprint density at radius 2 is 1.84 bits per heavy atom. The Labute approximate surface area is 196 Å². The number of likely N-dealkylation sites (tertiary alicyclic amines) is 1. The molecule has 4 rings (SSSR count). The van der Waals surface area contributed by atoms with Crippen molar-refractivity contribution in [2.75, 3.05) is 38.3 Å². The Morgan fingerprint density at radius 3 is 2.52 bits per heavy atom. The molecular formula is C24H27FIN3O2. The molecule has 0 radical (unpaired) electrons. The lowest BCUT2D eigenvalue weighted by molar-refractivity contribution is -0.132. The Hall–Kier alpha value is -2.00. The fourth-order valence-electron chi connectivity index (χ4n) is 4.76. The molecular weight excluding hydrogens is 508 g/mol. The molecule has 0 atom stereocenters. The number of halogens is 2. The first-order valence-electron chi connectivity index (χ1n) is 10.7. The Kier molecular flexibility index (Phi) is 6.62. The second kappa shape index (κ2) is 9.24. The minimum atomic E-state index is -0.466. The van der Waals surface area contributed by atoms with E-state index in [4.69, 9.17) is 0 Å².